The van der Waals surface area contributed by atoms with Crippen LogP contribution in [0.25, 0.3) is 0 Å². The zero-order valence-corrected chi connectivity index (χ0v) is 16.5. The third-order valence-electron chi connectivity index (χ3n) is 3.23. The minimum Gasteiger partial charge on any atom is -0.449 e. The summed E-state index contributed by atoms with van der Waals surface area (Å²) < 4.78 is 5.06. The second-order valence-electron chi connectivity index (χ2n) is 5.30. The fourth-order valence-corrected chi connectivity index (χ4v) is 2.59. The number of esters is 1. The highest BCUT2D eigenvalue weighted by Crippen LogP contribution is 2.25. The Morgan fingerprint density at radius 3 is 2.14 bits per heavy atom. The monoisotopic (exact) mass is 411 g/mol. The molecule has 28 heavy (non-hydrogen) atoms. The van der Waals surface area contributed by atoms with Gasteiger partial charge in [-0.2, -0.15) is 0 Å². The van der Waals surface area contributed by atoms with Crippen molar-refractivity contribution in [1.82, 2.24) is 26.3 Å². The van der Waals surface area contributed by atoms with Crippen molar-refractivity contribution in [3.8, 4) is 0 Å². The molecule has 2 unspecified atom stereocenters. The van der Waals surface area contributed by atoms with E-state index in [4.69, 9.17) is 4.74 Å². The first-order valence-electron chi connectivity index (χ1n) is 8.07. The molecule has 0 saturated carbocycles. The number of ether oxygens (including phenoxy) is 1. The van der Waals surface area contributed by atoms with E-state index in [0.29, 0.717) is 0 Å². The van der Waals surface area contributed by atoms with Crippen LogP contribution in [0.1, 0.15) is 24.2 Å². The second kappa shape index (κ2) is 10.9. The molecule has 4 N–H and O–H groups in total. The highest BCUT2D eigenvalue weighted by atomic mass is 32.2. The van der Waals surface area contributed by atoms with Gasteiger partial charge in [-0.1, -0.05) is 11.8 Å². The van der Waals surface area contributed by atoms with E-state index >= 15 is 0 Å². The van der Waals surface area contributed by atoms with Gasteiger partial charge >= 0.3 is 18.0 Å². The maximum atomic E-state index is 12.4. The number of rotatable bonds is 6. The molecule has 0 saturated heterocycles. The van der Waals surface area contributed by atoms with Gasteiger partial charge < -0.3 is 15.4 Å². The van der Waals surface area contributed by atoms with E-state index in [-0.39, 0.29) is 10.6 Å². The number of imide groups is 2. The van der Waals surface area contributed by atoms with E-state index in [1.54, 1.807) is 0 Å². The van der Waals surface area contributed by atoms with Crippen LogP contribution in [-0.4, -0.2) is 60.3 Å². The van der Waals surface area contributed by atoms with Gasteiger partial charge in [-0.05, 0) is 26.0 Å². The summed E-state index contributed by atoms with van der Waals surface area (Å²) in [5.41, 5.74) is 0.0340. The Bertz CT molecular complexity index is 772. The van der Waals surface area contributed by atoms with Gasteiger partial charge in [0.25, 0.3) is 5.91 Å². The quantitative estimate of drug-likeness (QED) is 0.377. The normalized spacial score (nSPS) is 12.1. The molecule has 0 radical (unpaired) electrons. The van der Waals surface area contributed by atoms with Crippen molar-refractivity contribution in [3.63, 3.8) is 0 Å². The van der Waals surface area contributed by atoms with Gasteiger partial charge in [0.1, 0.15) is 5.03 Å². The van der Waals surface area contributed by atoms with Gasteiger partial charge in [-0.15, -0.1) is 0 Å². The Morgan fingerprint density at radius 1 is 1.00 bits per heavy atom. The van der Waals surface area contributed by atoms with Gasteiger partial charge in [0.05, 0.1) is 10.8 Å². The van der Waals surface area contributed by atoms with Crippen LogP contribution >= 0.6 is 11.8 Å². The SMILES string of the molecule is CNC(=O)NC(=O)C(C)OC(=O)c1cccnc1SC(C)C(=O)NC(=O)NC. The third kappa shape index (κ3) is 6.87. The van der Waals surface area contributed by atoms with Crippen molar-refractivity contribution in [3.05, 3.63) is 23.9 Å². The number of hydrogen-bond donors (Lipinski definition) is 4. The van der Waals surface area contributed by atoms with E-state index < -0.39 is 41.2 Å². The fraction of sp³-hybridized carbons (Fsp3) is 0.375. The molecule has 2 atom stereocenters. The molecule has 0 aromatic carbocycles. The summed E-state index contributed by atoms with van der Waals surface area (Å²) in [6.45, 7) is 2.84. The average Bonchev–Trinajstić information content (AvgIpc) is 2.67. The first kappa shape index (κ1) is 22.9. The number of nitrogens with one attached hydrogen (secondary N) is 4. The van der Waals surface area contributed by atoms with Gasteiger partial charge in [-0.25, -0.2) is 19.4 Å². The molecule has 1 rings (SSSR count). The van der Waals surface area contributed by atoms with Crippen molar-refractivity contribution in [1.29, 1.82) is 0 Å². The first-order valence-corrected chi connectivity index (χ1v) is 8.95. The number of pyridine rings is 1. The number of carbonyl (C=O) groups is 5. The number of urea groups is 2. The predicted molar refractivity (Wildman–Crippen MR) is 99.6 cm³/mol. The summed E-state index contributed by atoms with van der Waals surface area (Å²) in [5.74, 6) is -2.23. The molecular weight excluding hydrogens is 390 g/mol. The molecule has 0 bridgehead atoms. The number of nitrogens with zero attached hydrogens (tertiary/aromatic N) is 1. The molecule has 12 heteroatoms. The van der Waals surface area contributed by atoms with Crippen LogP contribution in [0.15, 0.2) is 23.4 Å². The number of thioether (sulfide) groups is 1. The summed E-state index contributed by atoms with van der Waals surface area (Å²) in [4.78, 5) is 62.6. The summed E-state index contributed by atoms with van der Waals surface area (Å²) in [5, 5.41) is 8.02. The Balaban J connectivity index is 2.83. The minimum atomic E-state index is -1.24. The lowest BCUT2D eigenvalue weighted by atomic mass is 10.3. The van der Waals surface area contributed by atoms with Gasteiger partial charge in [0.15, 0.2) is 6.10 Å². The molecule has 152 valence electrons. The van der Waals surface area contributed by atoms with Crippen LogP contribution in [0.5, 0.6) is 0 Å². The van der Waals surface area contributed by atoms with E-state index in [1.807, 2.05) is 5.32 Å². The molecule has 1 heterocycles. The largest absolute Gasteiger partial charge is 0.449 e. The number of carbonyl (C=O) groups excluding carboxylic acids is 5. The van der Waals surface area contributed by atoms with Crippen molar-refractivity contribution in [2.45, 2.75) is 30.2 Å². The van der Waals surface area contributed by atoms with E-state index in [1.165, 1.54) is 46.3 Å². The molecule has 0 aliphatic heterocycles. The molecule has 0 fully saturated rings. The number of aromatic nitrogens is 1. The van der Waals surface area contributed by atoms with E-state index in [2.05, 4.69) is 20.9 Å². The summed E-state index contributed by atoms with van der Waals surface area (Å²) in [7, 11) is 2.70. The standard InChI is InChI=1S/C16H21N5O6S/c1-8(11(22)20-15(25)17-3)27-14(24)10-6-5-7-19-13(10)28-9(2)12(23)21-16(26)18-4/h5-9H,1-4H3,(H2,17,20,22,25)(H2,18,21,23,26). The zero-order valence-electron chi connectivity index (χ0n) is 15.7. The molecule has 0 spiro atoms. The van der Waals surface area contributed by atoms with Crippen molar-refractivity contribution < 1.29 is 28.7 Å². The molecule has 0 aliphatic rings. The van der Waals surface area contributed by atoms with Crippen molar-refractivity contribution in [2.75, 3.05) is 14.1 Å². The average molecular weight is 411 g/mol. The van der Waals surface area contributed by atoms with E-state index in [0.717, 1.165) is 11.8 Å². The molecule has 1 aromatic heterocycles. The maximum absolute atomic E-state index is 12.4. The minimum absolute atomic E-state index is 0.0340. The first-order chi connectivity index (χ1) is 13.2. The zero-order chi connectivity index (χ0) is 21.3. The Labute approximate surface area is 165 Å². The van der Waals surface area contributed by atoms with Crippen molar-refractivity contribution >= 4 is 41.6 Å². The molecule has 0 aliphatic carbocycles. The van der Waals surface area contributed by atoms with E-state index in [9.17, 15) is 24.0 Å². The Hall–Kier alpha value is -3.15. The van der Waals surface area contributed by atoms with Gasteiger partial charge in [0.2, 0.25) is 5.91 Å². The van der Waals surface area contributed by atoms with Gasteiger partial charge in [0, 0.05) is 20.3 Å². The Kier molecular flexibility index (Phi) is 8.88. The lowest BCUT2D eigenvalue weighted by Gasteiger charge is -2.15. The van der Waals surface area contributed by atoms with Crippen LogP contribution in [0.2, 0.25) is 0 Å². The highest BCUT2D eigenvalue weighted by molar-refractivity contribution is 8.00. The predicted octanol–water partition coefficient (Wildman–Crippen LogP) is 0.0187. The molecular formula is C16H21N5O6S. The molecule has 1 aromatic rings. The third-order valence-corrected chi connectivity index (χ3v) is 4.35. The van der Waals surface area contributed by atoms with Crippen LogP contribution in [-0.2, 0) is 14.3 Å². The highest BCUT2D eigenvalue weighted by Gasteiger charge is 2.25. The maximum Gasteiger partial charge on any atom is 0.341 e. The lowest BCUT2D eigenvalue weighted by molar-refractivity contribution is -0.128. The summed E-state index contributed by atoms with van der Waals surface area (Å²) in [6, 6.07) is 1.52. The Morgan fingerprint density at radius 2 is 1.57 bits per heavy atom. The van der Waals surface area contributed by atoms with Crippen LogP contribution in [0, 0.1) is 0 Å². The van der Waals surface area contributed by atoms with Gasteiger partial charge in [-0.3, -0.25) is 20.2 Å². The number of hydrogen-bond acceptors (Lipinski definition) is 8. The lowest BCUT2D eigenvalue weighted by Crippen LogP contribution is -2.43. The summed E-state index contributed by atoms with van der Waals surface area (Å²) >= 11 is 0.940. The van der Waals surface area contributed by atoms with Crippen molar-refractivity contribution in [2.24, 2.45) is 0 Å². The number of amides is 6. The molecule has 11 nitrogen and oxygen atoms in total. The smallest absolute Gasteiger partial charge is 0.341 e. The second-order valence-corrected chi connectivity index (χ2v) is 6.63. The van der Waals surface area contributed by atoms with Crippen LogP contribution < -0.4 is 21.3 Å². The fourth-order valence-electron chi connectivity index (χ4n) is 1.69. The molecule has 6 amide bonds. The van der Waals surface area contributed by atoms with Crippen LogP contribution in [0.4, 0.5) is 9.59 Å². The van der Waals surface area contributed by atoms with Crippen LogP contribution in [0.3, 0.4) is 0 Å². The topological polar surface area (TPSA) is 156 Å². The summed E-state index contributed by atoms with van der Waals surface area (Å²) in [6.07, 6.45) is 0.182.